The van der Waals surface area contributed by atoms with E-state index in [1.165, 1.54) is 0 Å². The first-order valence-corrected chi connectivity index (χ1v) is 6.96. The molecule has 5 nitrogen and oxygen atoms in total. The molecule has 110 valence electrons. The maximum atomic E-state index is 12.2. The Bertz CT molecular complexity index is 765. The largest absolute Gasteiger partial charge is 0.482 e. The predicted octanol–water partition coefficient (Wildman–Crippen LogP) is 1.94. The van der Waals surface area contributed by atoms with Gasteiger partial charge in [0, 0.05) is 6.54 Å². The Balaban J connectivity index is 1.93. The van der Waals surface area contributed by atoms with E-state index in [4.69, 9.17) is 15.7 Å². The lowest BCUT2D eigenvalue weighted by molar-refractivity contribution is -0.121. The van der Waals surface area contributed by atoms with E-state index < -0.39 is 0 Å². The van der Waals surface area contributed by atoms with E-state index in [0.717, 1.165) is 16.8 Å². The molecular weight excluding hydrogens is 278 g/mol. The van der Waals surface area contributed by atoms with Crippen LogP contribution in [0.1, 0.15) is 16.7 Å². The number of anilines is 1. The van der Waals surface area contributed by atoms with Crippen LogP contribution in [0.3, 0.4) is 0 Å². The third kappa shape index (κ3) is 2.65. The highest BCUT2D eigenvalue weighted by Crippen LogP contribution is 2.33. The number of carbonyl (C=O) groups is 1. The van der Waals surface area contributed by atoms with Gasteiger partial charge >= 0.3 is 0 Å². The Hall–Kier alpha value is -2.84. The molecule has 22 heavy (non-hydrogen) atoms. The van der Waals surface area contributed by atoms with Crippen molar-refractivity contribution >= 4 is 11.6 Å². The molecule has 3 rings (SSSR count). The van der Waals surface area contributed by atoms with Gasteiger partial charge in [-0.15, -0.1) is 0 Å². The van der Waals surface area contributed by atoms with Crippen molar-refractivity contribution in [3.8, 4) is 11.8 Å². The number of nitrogens with two attached hydrogens (primary N) is 1. The van der Waals surface area contributed by atoms with Gasteiger partial charge in [-0.25, -0.2) is 0 Å². The maximum absolute atomic E-state index is 12.2. The summed E-state index contributed by atoms with van der Waals surface area (Å²) in [5.41, 5.74) is 8.81. The van der Waals surface area contributed by atoms with Crippen LogP contribution in [0.4, 0.5) is 5.69 Å². The summed E-state index contributed by atoms with van der Waals surface area (Å²) in [6, 6.07) is 15.0. The highest BCUT2D eigenvalue weighted by Gasteiger charge is 2.25. The molecule has 0 spiro atoms. The number of benzene rings is 2. The van der Waals surface area contributed by atoms with Crippen molar-refractivity contribution in [3.63, 3.8) is 0 Å². The molecule has 0 unspecified atom stereocenters. The SMILES string of the molecule is N#Cc1cccc(CN2C(=O)COc3cc(CN)ccc32)c1. The molecule has 0 radical (unpaired) electrons. The van der Waals surface area contributed by atoms with Gasteiger partial charge in [-0.05, 0) is 35.4 Å². The van der Waals surface area contributed by atoms with Crippen molar-refractivity contribution in [2.45, 2.75) is 13.1 Å². The third-order valence-electron chi connectivity index (χ3n) is 3.60. The molecule has 1 heterocycles. The van der Waals surface area contributed by atoms with Crippen LogP contribution in [0, 0.1) is 11.3 Å². The van der Waals surface area contributed by atoms with Gasteiger partial charge in [0.25, 0.3) is 5.91 Å². The second kappa shape index (κ2) is 5.88. The molecule has 0 atom stereocenters. The summed E-state index contributed by atoms with van der Waals surface area (Å²) in [5.74, 6) is 0.564. The lowest BCUT2D eigenvalue weighted by Crippen LogP contribution is -2.38. The van der Waals surface area contributed by atoms with Crippen LogP contribution >= 0.6 is 0 Å². The number of fused-ring (bicyclic) bond motifs is 1. The third-order valence-corrected chi connectivity index (χ3v) is 3.60. The zero-order valence-corrected chi connectivity index (χ0v) is 12.0. The molecule has 0 fully saturated rings. The van der Waals surface area contributed by atoms with Gasteiger partial charge in [0.15, 0.2) is 6.61 Å². The lowest BCUT2D eigenvalue weighted by atomic mass is 10.1. The van der Waals surface area contributed by atoms with Crippen LogP contribution in [0.2, 0.25) is 0 Å². The van der Waals surface area contributed by atoms with E-state index in [2.05, 4.69) is 6.07 Å². The van der Waals surface area contributed by atoms with Crippen molar-refractivity contribution < 1.29 is 9.53 Å². The van der Waals surface area contributed by atoms with Crippen molar-refractivity contribution in [2.75, 3.05) is 11.5 Å². The second-order valence-electron chi connectivity index (χ2n) is 5.09. The first-order chi connectivity index (χ1) is 10.7. The summed E-state index contributed by atoms with van der Waals surface area (Å²) in [5, 5.41) is 8.97. The number of amides is 1. The standard InChI is InChI=1S/C17H15N3O2/c18-8-12-2-1-3-14(6-12)10-20-15-5-4-13(9-19)7-16(15)22-11-17(20)21/h1-7H,9-11,19H2. The maximum Gasteiger partial charge on any atom is 0.265 e. The van der Waals surface area contributed by atoms with E-state index in [9.17, 15) is 4.79 Å². The molecule has 2 N–H and O–H groups in total. The van der Waals surface area contributed by atoms with Crippen LogP contribution < -0.4 is 15.4 Å². The zero-order chi connectivity index (χ0) is 15.5. The number of ether oxygens (including phenoxy) is 1. The van der Waals surface area contributed by atoms with Gasteiger partial charge in [0.2, 0.25) is 0 Å². The average Bonchev–Trinajstić information content (AvgIpc) is 2.57. The van der Waals surface area contributed by atoms with Crippen LogP contribution in [-0.2, 0) is 17.9 Å². The molecule has 0 aliphatic carbocycles. The Morgan fingerprint density at radius 2 is 2.09 bits per heavy atom. The van der Waals surface area contributed by atoms with Crippen LogP contribution in [0.25, 0.3) is 0 Å². The molecule has 1 aliphatic rings. The van der Waals surface area contributed by atoms with Gasteiger partial charge < -0.3 is 15.4 Å². The van der Waals surface area contributed by atoms with Crippen molar-refractivity contribution in [1.29, 1.82) is 5.26 Å². The van der Waals surface area contributed by atoms with Crippen molar-refractivity contribution in [2.24, 2.45) is 5.73 Å². The average molecular weight is 293 g/mol. The monoisotopic (exact) mass is 293 g/mol. The summed E-state index contributed by atoms with van der Waals surface area (Å²) < 4.78 is 5.49. The molecule has 0 bridgehead atoms. The zero-order valence-electron chi connectivity index (χ0n) is 12.0. The topological polar surface area (TPSA) is 79.3 Å². The summed E-state index contributed by atoms with van der Waals surface area (Å²) in [4.78, 5) is 13.9. The Morgan fingerprint density at radius 3 is 2.86 bits per heavy atom. The van der Waals surface area contributed by atoms with Gasteiger partial charge in [-0.1, -0.05) is 18.2 Å². The normalized spacial score (nSPS) is 13.3. The minimum Gasteiger partial charge on any atom is -0.482 e. The quantitative estimate of drug-likeness (QED) is 0.938. The molecule has 5 heteroatoms. The summed E-state index contributed by atoms with van der Waals surface area (Å²) in [6.45, 7) is 0.848. The molecule has 2 aromatic rings. The molecular formula is C17H15N3O2. The lowest BCUT2D eigenvalue weighted by Gasteiger charge is -2.29. The smallest absolute Gasteiger partial charge is 0.265 e. The number of hydrogen-bond donors (Lipinski definition) is 1. The van der Waals surface area contributed by atoms with E-state index in [0.29, 0.717) is 24.4 Å². The highest BCUT2D eigenvalue weighted by molar-refractivity contribution is 5.97. The van der Waals surface area contributed by atoms with Crippen LogP contribution in [0.15, 0.2) is 42.5 Å². The molecule has 2 aromatic carbocycles. The summed E-state index contributed by atoms with van der Waals surface area (Å²) in [6.07, 6.45) is 0. The van der Waals surface area contributed by atoms with E-state index in [1.54, 1.807) is 17.0 Å². The fraction of sp³-hybridized carbons (Fsp3) is 0.176. The molecule has 1 aliphatic heterocycles. The Labute approximate surface area is 128 Å². The Kier molecular flexibility index (Phi) is 3.77. The number of rotatable bonds is 3. The minimum absolute atomic E-state index is 0.0129. The number of hydrogen-bond acceptors (Lipinski definition) is 4. The van der Waals surface area contributed by atoms with Gasteiger partial charge in [0.05, 0.1) is 23.9 Å². The van der Waals surface area contributed by atoms with Crippen LogP contribution in [-0.4, -0.2) is 12.5 Å². The van der Waals surface area contributed by atoms with Crippen LogP contribution in [0.5, 0.6) is 5.75 Å². The first-order valence-electron chi connectivity index (χ1n) is 6.96. The second-order valence-corrected chi connectivity index (χ2v) is 5.09. The summed E-state index contributed by atoms with van der Waals surface area (Å²) >= 11 is 0. The van der Waals surface area contributed by atoms with E-state index in [1.807, 2.05) is 30.3 Å². The van der Waals surface area contributed by atoms with Gasteiger partial charge in [0.1, 0.15) is 5.75 Å². The van der Waals surface area contributed by atoms with Gasteiger partial charge in [-0.2, -0.15) is 5.26 Å². The number of nitriles is 1. The fourth-order valence-electron chi connectivity index (χ4n) is 2.47. The van der Waals surface area contributed by atoms with Crippen molar-refractivity contribution in [3.05, 3.63) is 59.2 Å². The predicted molar refractivity (Wildman–Crippen MR) is 82.2 cm³/mol. The minimum atomic E-state index is -0.102. The number of nitrogens with zero attached hydrogens (tertiary/aromatic N) is 2. The van der Waals surface area contributed by atoms with Crippen molar-refractivity contribution in [1.82, 2.24) is 0 Å². The number of carbonyl (C=O) groups excluding carboxylic acids is 1. The summed E-state index contributed by atoms with van der Waals surface area (Å²) in [7, 11) is 0. The molecule has 0 saturated carbocycles. The first kappa shape index (κ1) is 14.1. The van der Waals surface area contributed by atoms with Gasteiger partial charge in [-0.3, -0.25) is 4.79 Å². The highest BCUT2D eigenvalue weighted by atomic mass is 16.5. The molecule has 0 saturated heterocycles. The van der Waals surface area contributed by atoms with E-state index in [-0.39, 0.29) is 12.5 Å². The fourth-order valence-corrected chi connectivity index (χ4v) is 2.47. The van der Waals surface area contributed by atoms with E-state index >= 15 is 0 Å². The Morgan fingerprint density at radius 1 is 1.23 bits per heavy atom. The molecule has 0 aromatic heterocycles. The molecule has 1 amide bonds.